The number of rotatable bonds is 2. The fraction of sp³-hybridized carbons (Fsp3) is 0.562. The van der Waals surface area contributed by atoms with E-state index in [1.54, 1.807) is 0 Å². The molecule has 1 aromatic carbocycles. The van der Waals surface area contributed by atoms with Crippen LogP contribution in [0.3, 0.4) is 0 Å². The third kappa shape index (κ3) is 4.04. The Morgan fingerprint density at radius 3 is 2.62 bits per heavy atom. The van der Waals surface area contributed by atoms with Gasteiger partial charge in [0.15, 0.2) is 0 Å². The van der Waals surface area contributed by atoms with Gasteiger partial charge in [-0.05, 0) is 42.7 Å². The molecule has 1 aliphatic carbocycles. The maximum Gasteiger partial charge on any atom is 0.342 e. The fourth-order valence-corrected chi connectivity index (χ4v) is 3.78. The summed E-state index contributed by atoms with van der Waals surface area (Å²) in [5.41, 5.74) is 0.167. The Kier molecular flexibility index (Phi) is 4.74. The SMILES string of the molecule is CC1CC(OC(=O)c2cc(Cl)cc(Cl)c2O)CC(C)(C)C1. The molecule has 2 rings (SSSR count). The molecule has 0 bridgehead atoms. The van der Waals surface area contributed by atoms with Crippen molar-refractivity contribution in [3.8, 4) is 5.75 Å². The lowest BCUT2D eigenvalue weighted by molar-refractivity contribution is -0.00734. The van der Waals surface area contributed by atoms with E-state index in [0.29, 0.717) is 10.9 Å². The van der Waals surface area contributed by atoms with Crippen molar-refractivity contribution in [3.05, 3.63) is 27.7 Å². The van der Waals surface area contributed by atoms with Crippen LogP contribution in [0.1, 0.15) is 50.4 Å². The van der Waals surface area contributed by atoms with Gasteiger partial charge in [-0.1, -0.05) is 44.0 Å². The summed E-state index contributed by atoms with van der Waals surface area (Å²) in [6.45, 7) is 6.52. The molecule has 1 N–H and O–H groups in total. The van der Waals surface area contributed by atoms with Gasteiger partial charge in [0, 0.05) is 5.02 Å². The summed E-state index contributed by atoms with van der Waals surface area (Å²) >= 11 is 11.7. The summed E-state index contributed by atoms with van der Waals surface area (Å²) in [6.07, 6.45) is 2.63. The van der Waals surface area contributed by atoms with Crippen molar-refractivity contribution >= 4 is 29.2 Å². The van der Waals surface area contributed by atoms with Crippen LogP contribution in [-0.4, -0.2) is 17.2 Å². The third-order valence-corrected chi connectivity index (χ3v) is 4.37. The van der Waals surface area contributed by atoms with Gasteiger partial charge in [0.1, 0.15) is 17.4 Å². The van der Waals surface area contributed by atoms with Crippen molar-refractivity contribution in [1.82, 2.24) is 0 Å². The van der Waals surface area contributed by atoms with Crippen LogP contribution >= 0.6 is 23.2 Å². The van der Waals surface area contributed by atoms with Crippen LogP contribution in [0, 0.1) is 11.3 Å². The molecule has 3 nitrogen and oxygen atoms in total. The van der Waals surface area contributed by atoms with Gasteiger partial charge in [-0.15, -0.1) is 0 Å². The van der Waals surface area contributed by atoms with Crippen molar-refractivity contribution < 1.29 is 14.6 Å². The maximum atomic E-state index is 12.3. The largest absolute Gasteiger partial charge is 0.505 e. The van der Waals surface area contributed by atoms with E-state index in [1.807, 2.05) is 0 Å². The Balaban J connectivity index is 2.15. The van der Waals surface area contributed by atoms with Gasteiger partial charge >= 0.3 is 5.97 Å². The minimum atomic E-state index is -0.577. The van der Waals surface area contributed by atoms with Crippen LogP contribution in [0.25, 0.3) is 0 Å². The number of carbonyl (C=O) groups excluding carboxylic acids is 1. The molecule has 2 unspecified atom stereocenters. The molecule has 0 aliphatic heterocycles. The summed E-state index contributed by atoms with van der Waals surface area (Å²) in [6, 6.07) is 2.77. The zero-order valence-electron chi connectivity index (χ0n) is 12.5. The summed E-state index contributed by atoms with van der Waals surface area (Å²) in [4.78, 5) is 12.3. The number of hydrogen-bond acceptors (Lipinski definition) is 3. The monoisotopic (exact) mass is 330 g/mol. The van der Waals surface area contributed by atoms with Gasteiger partial charge in [-0.3, -0.25) is 0 Å². The molecule has 5 heteroatoms. The van der Waals surface area contributed by atoms with Crippen molar-refractivity contribution in [1.29, 1.82) is 0 Å². The van der Waals surface area contributed by atoms with Crippen molar-refractivity contribution in [2.24, 2.45) is 11.3 Å². The molecule has 0 aromatic heterocycles. The molecule has 0 saturated heterocycles. The first kappa shape index (κ1) is 16.4. The van der Waals surface area contributed by atoms with Crippen LogP contribution in [0.4, 0.5) is 0 Å². The van der Waals surface area contributed by atoms with Crippen molar-refractivity contribution in [3.63, 3.8) is 0 Å². The van der Waals surface area contributed by atoms with Gasteiger partial charge in [-0.2, -0.15) is 0 Å². The highest BCUT2D eigenvalue weighted by Crippen LogP contribution is 2.40. The minimum absolute atomic E-state index is 0.0172. The first-order chi connectivity index (χ1) is 9.68. The second kappa shape index (κ2) is 6.05. The molecule has 1 aromatic rings. The number of benzene rings is 1. The normalized spacial score (nSPS) is 24.6. The number of aromatic hydroxyl groups is 1. The Morgan fingerprint density at radius 1 is 1.33 bits per heavy atom. The fourth-order valence-electron chi connectivity index (χ4n) is 3.28. The molecule has 0 heterocycles. The molecule has 1 saturated carbocycles. The zero-order valence-corrected chi connectivity index (χ0v) is 14.0. The predicted octanol–water partition coefficient (Wildman–Crippen LogP) is 5.07. The molecule has 1 fully saturated rings. The standard InChI is InChI=1S/C16H20Cl2O3/c1-9-4-11(8-16(2,3)7-9)21-15(20)12-5-10(17)6-13(18)14(12)19/h5-6,9,11,19H,4,7-8H2,1-3H3. The van der Waals surface area contributed by atoms with Crippen LogP contribution in [0.2, 0.25) is 10.0 Å². The number of halogens is 2. The summed E-state index contributed by atoms with van der Waals surface area (Å²) in [7, 11) is 0. The number of ether oxygens (including phenoxy) is 1. The van der Waals surface area contributed by atoms with Crippen LogP contribution in [-0.2, 0) is 4.74 Å². The van der Waals surface area contributed by atoms with Crippen molar-refractivity contribution in [2.45, 2.75) is 46.1 Å². The lowest BCUT2D eigenvalue weighted by atomic mass is 9.71. The second-order valence-corrected chi connectivity index (χ2v) is 7.57. The second-order valence-electron chi connectivity index (χ2n) is 6.72. The van der Waals surface area contributed by atoms with E-state index >= 15 is 0 Å². The Labute approximate surface area is 135 Å². The highest BCUT2D eigenvalue weighted by molar-refractivity contribution is 6.36. The van der Waals surface area contributed by atoms with E-state index in [2.05, 4.69) is 20.8 Å². The molecule has 116 valence electrons. The average molecular weight is 331 g/mol. The number of phenolic OH excluding ortho intramolecular Hbond substituents is 1. The van der Waals surface area contributed by atoms with E-state index in [0.717, 1.165) is 19.3 Å². The molecule has 0 amide bonds. The topological polar surface area (TPSA) is 46.5 Å². The lowest BCUT2D eigenvalue weighted by Crippen LogP contribution is -2.34. The highest BCUT2D eigenvalue weighted by Gasteiger charge is 2.34. The zero-order chi connectivity index (χ0) is 15.8. The van der Waals surface area contributed by atoms with Crippen LogP contribution in [0.15, 0.2) is 12.1 Å². The van der Waals surface area contributed by atoms with Gasteiger partial charge < -0.3 is 9.84 Å². The highest BCUT2D eigenvalue weighted by atomic mass is 35.5. The van der Waals surface area contributed by atoms with Gasteiger partial charge in [0.05, 0.1) is 5.02 Å². The Morgan fingerprint density at radius 2 is 2.00 bits per heavy atom. The first-order valence-corrected chi connectivity index (χ1v) is 7.82. The van der Waals surface area contributed by atoms with Crippen LogP contribution < -0.4 is 0 Å². The van der Waals surface area contributed by atoms with E-state index in [4.69, 9.17) is 27.9 Å². The Hall–Kier alpha value is -0.930. The quantitative estimate of drug-likeness (QED) is 0.770. The van der Waals surface area contributed by atoms with Crippen molar-refractivity contribution in [2.75, 3.05) is 0 Å². The van der Waals surface area contributed by atoms with E-state index < -0.39 is 5.97 Å². The first-order valence-electron chi connectivity index (χ1n) is 7.07. The van der Waals surface area contributed by atoms with Gasteiger partial charge in [-0.25, -0.2) is 4.79 Å². The number of phenols is 1. The number of hydrogen-bond donors (Lipinski definition) is 1. The number of esters is 1. The van der Waals surface area contributed by atoms with Gasteiger partial charge in [0.2, 0.25) is 0 Å². The van der Waals surface area contributed by atoms with E-state index in [9.17, 15) is 9.90 Å². The molecule has 21 heavy (non-hydrogen) atoms. The Bertz CT molecular complexity index is 555. The van der Waals surface area contributed by atoms with E-state index in [1.165, 1.54) is 12.1 Å². The lowest BCUT2D eigenvalue weighted by Gasteiger charge is -2.38. The third-order valence-electron chi connectivity index (χ3n) is 3.87. The summed E-state index contributed by atoms with van der Waals surface area (Å²) in [5.74, 6) is -0.357. The molecule has 0 spiro atoms. The molecule has 0 radical (unpaired) electrons. The minimum Gasteiger partial charge on any atom is -0.505 e. The van der Waals surface area contributed by atoms with Gasteiger partial charge in [0.25, 0.3) is 0 Å². The smallest absolute Gasteiger partial charge is 0.342 e. The van der Waals surface area contributed by atoms with Crippen LogP contribution in [0.5, 0.6) is 5.75 Å². The summed E-state index contributed by atoms with van der Waals surface area (Å²) < 4.78 is 5.56. The number of carbonyl (C=O) groups is 1. The maximum absolute atomic E-state index is 12.3. The predicted molar refractivity (Wildman–Crippen MR) is 84.1 cm³/mol. The molecular formula is C16H20Cl2O3. The molecule has 2 atom stereocenters. The molecular weight excluding hydrogens is 311 g/mol. The molecule has 1 aliphatic rings. The van der Waals surface area contributed by atoms with E-state index in [-0.39, 0.29) is 27.9 Å². The average Bonchev–Trinajstić information content (AvgIpc) is 2.30. The summed E-state index contributed by atoms with van der Waals surface area (Å²) in [5, 5.41) is 10.2.